The summed E-state index contributed by atoms with van der Waals surface area (Å²) in [6, 6.07) is -3.85. The molecule has 5 amide bonds. The number of ketones is 1. The Morgan fingerprint density at radius 3 is 2.17 bits per heavy atom. The highest BCUT2D eigenvalue weighted by Crippen LogP contribution is 2.65. The van der Waals surface area contributed by atoms with Gasteiger partial charge in [-0.25, -0.2) is 13.2 Å². The number of amides is 5. The van der Waals surface area contributed by atoms with E-state index in [1.165, 1.54) is 9.21 Å². The van der Waals surface area contributed by atoms with Crippen molar-refractivity contribution in [1.82, 2.24) is 25.2 Å². The van der Waals surface area contributed by atoms with Crippen LogP contribution in [0.15, 0.2) is 0 Å². The van der Waals surface area contributed by atoms with Crippen LogP contribution < -0.4 is 21.7 Å². The molecule has 5 rings (SSSR count). The van der Waals surface area contributed by atoms with Crippen molar-refractivity contribution in [1.29, 1.82) is 0 Å². The molecule has 0 aromatic rings. The molecule has 3 saturated carbocycles. The van der Waals surface area contributed by atoms with Gasteiger partial charge in [0, 0.05) is 25.7 Å². The largest absolute Gasteiger partial charge is 0.363 e. The van der Waals surface area contributed by atoms with Crippen molar-refractivity contribution >= 4 is 39.6 Å². The number of piperidine rings is 1. The minimum Gasteiger partial charge on any atom is -0.363 e. The molecular formula is C34H56N6O7S. The van der Waals surface area contributed by atoms with E-state index in [0.717, 1.165) is 51.4 Å². The molecule has 2 aliphatic heterocycles. The zero-order valence-electron chi connectivity index (χ0n) is 29.3. The number of carbonyl (C=O) groups excluding carboxylic acids is 5. The van der Waals surface area contributed by atoms with Crippen LogP contribution in [-0.2, 0) is 29.2 Å². The summed E-state index contributed by atoms with van der Waals surface area (Å²) >= 11 is 0. The van der Waals surface area contributed by atoms with Gasteiger partial charge in [-0.3, -0.25) is 19.2 Å². The second-order valence-electron chi connectivity index (χ2n) is 16.7. The number of hydrogen-bond donors (Lipinski definition) is 4. The molecule has 6 atom stereocenters. The Balaban J connectivity index is 1.32. The molecule has 2 saturated heterocycles. The van der Waals surface area contributed by atoms with Gasteiger partial charge in [-0.2, -0.15) is 4.31 Å². The number of Topliss-reactive ketones (excluding diaryl/α,β-unsaturated/α-hetero) is 1. The first-order valence-electron chi connectivity index (χ1n) is 17.9. The van der Waals surface area contributed by atoms with Gasteiger partial charge in [0.2, 0.25) is 27.6 Å². The molecule has 0 bridgehead atoms. The second kappa shape index (κ2) is 13.9. The lowest BCUT2D eigenvalue weighted by atomic mass is 9.83. The van der Waals surface area contributed by atoms with Crippen molar-refractivity contribution in [3.63, 3.8) is 0 Å². The average Bonchev–Trinajstić information content (AvgIpc) is 3.86. The molecule has 270 valence electrons. The fourth-order valence-corrected chi connectivity index (χ4v) is 10.1. The smallest absolute Gasteiger partial charge is 0.315 e. The number of nitrogens with one attached hydrogen (secondary N) is 3. The first-order chi connectivity index (χ1) is 22.4. The SMILES string of the molecule is CC(C)(C)[C@H](NC(=O)N[C@H](CN1CCCCS1(=O)=O)C1CCCCC1)C(=O)N1C[C@H]2[C@@H](C1C(=O)NC(CC1CC1)C(=O)C(N)=O)C2(C)C. The van der Waals surface area contributed by atoms with Gasteiger partial charge in [0.05, 0.1) is 11.8 Å². The maximum Gasteiger partial charge on any atom is 0.315 e. The standard InChI is InChI=1S/C34H56N6O7S/c1-33(2,3)28(38-32(45)37-24(21-11-7-6-8-12-21)19-39-15-9-10-16-48(39,46)47)31(44)40-18-22-25(34(22,4)5)26(40)30(43)36-23(17-20-13-14-20)27(41)29(35)42/h20-26,28H,6-19H2,1-5H3,(H2,35,42)(H,36,43)(H2,37,38,45)/t22-,23?,24+,25-,26?,28+/m0/s1. The van der Waals surface area contributed by atoms with E-state index in [4.69, 9.17) is 5.73 Å². The molecule has 3 aliphatic carbocycles. The van der Waals surface area contributed by atoms with Gasteiger partial charge in [-0.05, 0) is 66.6 Å². The van der Waals surface area contributed by atoms with Crippen LogP contribution in [0.3, 0.4) is 0 Å². The summed E-state index contributed by atoms with van der Waals surface area (Å²) in [4.78, 5) is 68.0. The predicted molar refractivity (Wildman–Crippen MR) is 180 cm³/mol. The first-order valence-corrected chi connectivity index (χ1v) is 19.5. The summed E-state index contributed by atoms with van der Waals surface area (Å²) in [6.45, 7) is 10.6. The Morgan fingerprint density at radius 1 is 0.917 bits per heavy atom. The number of likely N-dealkylation sites (tertiary alicyclic amines) is 1. The Labute approximate surface area is 285 Å². The van der Waals surface area contributed by atoms with E-state index in [1.54, 1.807) is 0 Å². The van der Waals surface area contributed by atoms with E-state index in [0.29, 0.717) is 25.9 Å². The molecule has 5 fully saturated rings. The third-order valence-electron chi connectivity index (χ3n) is 11.7. The Morgan fingerprint density at radius 2 is 1.58 bits per heavy atom. The second-order valence-corrected chi connectivity index (χ2v) is 18.7. The molecule has 2 unspecified atom stereocenters. The van der Waals surface area contributed by atoms with E-state index in [-0.39, 0.29) is 41.4 Å². The summed E-state index contributed by atoms with van der Waals surface area (Å²) in [5, 5.41) is 8.77. The van der Waals surface area contributed by atoms with E-state index in [1.807, 2.05) is 20.8 Å². The van der Waals surface area contributed by atoms with Crippen LogP contribution in [0.25, 0.3) is 0 Å². The Bertz CT molecular complexity index is 1380. The number of primary amides is 1. The molecule has 5 aliphatic rings. The molecular weight excluding hydrogens is 636 g/mol. The molecule has 0 radical (unpaired) electrons. The third kappa shape index (κ3) is 8.00. The van der Waals surface area contributed by atoms with Crippen LogP contribution in [0.2, 0.25) is 0 Å². The molecule has 0 aromatic heterocycles. The summed E-state index contributed by atoms with van der Waals surface area (Å²) in [5.41, 5.74) is 4.39. The summed E-state index contributed by atoms with van der Waals surface area (Å²) in [7, 11) is -3.40. The topological polar surface area (TPSA) is 188 Å². The van der Waals surface area contributed by atoms with Gasteiger partial charge >= 0.3 is 6.03 Å². The fourth-order valence-electron chi connectivity index (χ4n) is 8.43. The van der Waals surface area contributed by atoms with Gasteiger partial charge in [0.1, 0.15) is 12.1 Å². The molecule has 0 aromatic carbocycles. The Hall–Kier alpha value is -2.74. The third-order valence-corrected chi connectivity index (χ3v) is 13.6. The van der Waals surface area contributed by atoms with Crippen LogP contribution in [0.4, 0.5) is 4.79 Å². The van der Waals surface area contributed by atoms with Gasteiger partial charge in [-0.1, -0.05) is 66.7 Å². The van der Waals surface area contributed by atoms with Crippen LogP contribution in [0, 0.1) is 34.5 Å². The minimum absolute atomic E-state index is 0.0718. The highest BCUT2D eigenvalue weighted by molar-refractivity contribution is 7.89. The van der Waals surface area contributed by atoms with Gasteiger partial charge in [-0.15, -0.1) is 0 Å². The van der Waals surface area contributed by atoms with Crippen LogP contribution in [0.1, 0.15) is 98.8 Å². The Kier molecular flexibility index (Phi) is 10.6. The highest BCUT2D eigenvalue weighted by Gasteiger charge is 2.70. The zero-order valence-corrected chi connectivity index (χ0v) is 30.1. The van der Waals surface area contributed by atoms with E-state index < -0.39 is 69.1 Å². The van der Waals surface area contributed by atoms with Crippen molar-refractivity contribution in [2.45, 2.75) is 123 Å². The van der Waals surface area contributed by atoms with Crippen molar-refractivity contribution in [2.75, 3.05) is 25.4 Å². The van der Waals surface area contributed by atoms with Gasteiger partial charge in [0.15, 0.2) is 0 Å². The molecule has 5 N–H and O–H groups in total. The highest BCUT2D eigenvalue weighted by atomic mass is 32.2. The van der Waals surface area contributed by atoms with Crippen molar-refractivity contribution in [3.8, 4) is 0 Å². The van der Waals surface area contributed by atoms with Crippen molar-refractivity contribution in [3.05, 3.63) is 0 Å². The quantitative estimate of drug-likeness (QED) is 0.225. The maximum atomic E-state index is 14.4. The molecule has 14 heteroatoms. The molecule has 0 spiro atoms. The summed E-state index contributed by atoms with van der Waals surface area (Å²) in [5.74, 6) is -2.41. The van der Waals surface area contributed by atoms with Crippen molar-refractivity contribution < 1.29 is 32.4 Å². The van der Waals surface area contributed by atoms with Crippen LogP contribution >= 0.6 is 0 Å². The number of urea groups is 1. The number of carbonyl (C=O) groups is 5. The van der Waals surface area contributed by atoms with Crippen LogP contribution in [-0.4, -0.2) is 96.7 Å². The molecule has 13 nitrogen and oxygen atoms in total. The zero-order chi connectivity index (χ0) is 35.2. The number of sulfonamides is 1. The lowest BCUT2D eigenvalue weighted by Crippen LogP contribution is -2.62. The first kappa shape index (κ1) is 36.5. The lowest BCUT2D eigenvalue weighted by Gasteiger charge is -2.39. The van der Waals surface area contributed by atoms with Crippen LogP contribution in [0.5, 0.6) is 0 Å². The molecule has 2 heterocycles. The predicted octanol–water partition coefficient (Wildman–Crippen LogP) is 1.90. The summed E-state index contributed by atoms with van der Waals surface area (Å²) in [6.07, 6.45) is 8.51. The summed E-state index contributed by atoms with van der Waals surface area (Å²) < 4.78 is 27.2. The lowest BCUT2D eigenvalue weighted by molar-refractivity contribution is -0.145. The number of fused-ring (bicyclic) bond motifs is 1. The van der Waals surface area contributed by atoms with Crippen molar-refractivity contribution in [2.24, 2.45) is 40.2 Å². The average molecular weight is 693 g/mol. The van der Waals surface area contributed by atoms with E-state index >= 15 is 0 Å². The van der Waals surface area contributed by atoms with Gasteiger partial charge in [0.25, 0.3) is 5.91 Å². The normalized spacial score (nSPS) is 28.8. The number of hydrogen-bond acceptors (Lipinski definition) is 7. The maximum absolute atomic E-state index is 14.4. The fraction of sp³-hybridized carbons (Fsp3) is 0.853. The minimum atomic E-state index is -3.40. The monoisotopic (exact) mass is 692 g/mol. The van der Waals surface area contributed by atoms with Gasteiger partial charge < -0.3 is 26.6 Å². The number of rotatable bonds is 12. The van der Waals surface area contributed by atoms with E-state index in [9.17, 15) is 32.4 Å². The van der Waals surface area contributed by atoms with E-state index in [2.05, 4.69) is 29.8 Å². The number of nitrogens with two attached hydrogens (primary N) is 1. The molecule has 48 heavy (non-hydrogen) atoms. The number of nitrogens with zero attached hydrogens (tertiary/aromatic N) is 2.